The molecule has 0 aliphatic carbocycles. The molecule has 1 N–H and O–H groups in total. The number of aliphatic hydroxyl groups is 1. The van der Waals surface area contributed by atoms with Gasteiger partial charge in [-0.15, -0.1) is 0 Å². The number of hydrogen-bond donors (Lipinski definition) is 1. The van der Waals surface area contributed by atoms with Gasteiger partial charge in [0.15, 0.2) is 5.78 Å². The summed E-state index contributed by atoms with van der Waals surface area (Å²) in [5.74, 6) is 0.0514. The molecule has 1 heterocycles. The number of rotatable bonds is 3. The molecule has 104 valence electrons. The number of ether oxygens (including phenoxy) is 1. The van der Waals surface area contributed by atoms with Gasteiger partial charge in [0.1, 0.15) is 0 Å². The number of carbonyl (C=O) groups excluding carboxylic acids is 1. The lowest BCUT2D eigenvalue weighted by Crippen LogP contribution is -2.49. The second kappa shape index (κ2) is 6.03. The van der Waals surface area contributed by atoms with Crippen molar-refractivity contribution in [2.24, 2.45) is 0 Å². The molecule has 0 radical (unpaired) electrons. The second-order valence-electron chi connectivity index (χ2n) is 4.86. The Morgan fingerprint density at radius 2 is 2.32 bits per heavy atom. The maximum absolute atomic E-state index is 11.4. The average Bonchev–Trinajstić information content (AvgIpc) is 2.39. The largest absolute Gasteiger partial charge is 0.394 e. The summed E-state index contributed by atoms with van der Waals surface area (Å²) >= 11 is 3.52. The predicted octanol–water partition coefficient (Wildman–Crippen LogP) is 2.24. The van der Waals surface area contributed by atoms with E-state index >= 15 is 0 Å². The number of benzene rings is 1. The Bertz CT molecular complexity index is 478. The van der Waals surface area contributed by atoms with Crippen molar-refractivity contribution in [3.63, 3.8) is 0 Å². The molecule has 2 unspecified atom stereocenters. The quantitative estimate of drug-likeness (QED) is 0.865. The molecule has 4 nitrogen and oxygen atoms in total. The Kier molecular flexibility index (Phi) is 4.60. The smallest absolute Gasteiger partial charge is 0.159 e. The summed E-state index contributed by atoms with van der Waals surface area (Å²) < 4.78 is 6.43. The highest BCUT2D eigenvalue weighted by Gasteiger charge is 2.27. The maximum atomic E-state index is 11.4. The minimum atomic E-state index is -0.157. The van der Waals surface area contributed by atoms with E-state index in [1.165, 1.54) is 0 Å². The molecule has 0 saturated carbocycles. The Balaban J connectivity index is 2.27. The minimum Gasteiger partial charge on any atom is -0.394 e. The number of Topliss-reactive ketones (excluding diaryl/α,β-unsaturated/α-hetero) is 1. The first kappa shape index (κ1) is 14.5. The van der Waals surface area contributed by atoms with Crippen LogP contribution >= 0.6 is 15.9 Å². The first-order valence-electron chi connectivity index (χ1n) is 6.32. The Morgan fingerprint density at radius 3 is 2.89 bits per heavy atom. The van der Waals surface area contributed by atoms with Crippen molar-refractivity contribution in [1.82, 2.24) is 0 Å². The van der Waals surface area contributed by atoms with E-state index in [0.717, 1.165) is 10.2 Å². The zero-order valence-corrected chi connectivity index (χ0v) is 12.7. The maximum Gasteiger partial charge on any atom is 0.159 e. The number of morpholine rings is 1. The molecule has 0 amide bonds. The van der Waals surface area contributed by atoms with Gasteiger partial charge in [-0.05, 0) is 48.0 Å². The third-order valence-electron chi connectivity index (χ3n) is 3.37. The molecule has 0 aromatic heterocycles. The van der Waals surface area contributed by atoms with Crippen LogP contribution in [0.25, 0.3) is 0 Å². The summed E-state index contributed by atoms with van der Waals surface area (Å²) in [7, 11) is 0. The highest BCUT2D eigenvalue weighted by atomic mass is 79.9. The van der Waals surface area contributed by atoms with Gasteiger partial charge in [0.05, 0.1) is 25.0 Å². The Hall–Kier alpha value is -0.910. The molecule has 1 fully saturated rings. The SMILES string of the molecule is CC(=O)c1ccc(N2CC(CO)OCC2C)c(Br)c1. The molecule has 0 spiro atoms. The average molecular weight is 328 g/mol. The number of hydrogen-bond acceptors (Lipinski definition) is 4. The van der Waals surface area contributed by atoms with Gasteiger partial charge in [-0.2, -0.15) is 0 Å². The van der Waals surface area contributed by atoms with Crippen LogP contribution in [0.3, 0.4) is 0 Å². The normalized spacial score (nSPS) is 23.5. The lowest BCUT2D eigenvalue weighted by atomic mass is 10.1. The Morgan fingerprint density at radius 1 is 1.58 bits per heavy atom. The summed E-state index contributed by atoms with van der Waals surface area (Å²) in [5.41, 5.74) is 1.72. The Labute approximate surface area is 121 Å². The molecular weight excluding hydrogens is 310 g/mol. The van der Waals surface area contributed by atoms with Crippen molar-refractivity contribution in [1.29, 1.82) is 0 Å². The fourth-order valence-electron chi connectivity index (χ4n) is 2.22. The van der Waals surface area contributed by atoms with E-state index in [4.69, 9.17) is 4.74 Å². The number of ketones is 1. The van der Waals surface area contributed by atoms with Crippen LogP contribution in [0.5, 0.6) is 0 Å². The monoisotopic (exact) mass is 327 g/mol. The highest BCUT2D eigenvalue weighted by Crippen LogP contribution is 2.30. The van der Waals surface area contributed by atoms with Crippen molar-refractivity contribution in [2.75, 3.05) is 24.7 Å². The molecule has 1 aliphatic rings. The number of anilines is 1. The van der Waals surface area contributed by atoms with E-state index in [0.29, 0.717) is 18.7 Å². The molecular formula is C14H18BrNO3. The third kappa shape index (κ3) is 3.16. The van der Waals surface area contributed by atoms with Gasteiger partial charge in [0.25, 0.3) is 0 Å². The van der Waals surface area contributed by atoms with E-state index in [-0.39, 0.29) is 24.5 Å². The standard InChI is InChI=1S/C14H18BrNO3/c1-9-8-19-12(7-17)6-16(9)14-4-3-11(10(2)18)5-13(14)15/h3-5,9,12,17H,6-8H2,1-2H3. The molecule has 1 aromatic carbocycles. The van der Waals surface area contributed by atoms with Gasteiger partial charge in [0.2, 0.25) is 0 Å². The number of nitrogens with zero attached hydrogens (tertiary/aromatic N) is 1. The summed E-state index contributed by atoms with van der Waals surface area (Å²) in [6.45, 7) is 4.90. The summed E-state index contributed by atoms with van der Waals surface area (Å²) in [6, 6.07) is 5.85. The molecule has 2 atom stereocenters. The minimum absolute atomic E-state index is 0.0202. The molecule has 1 aliphatic heterocycles. The van der Waals surface area contributed by atoms with Crippen LogP contribution in [0, 0.1) is 0 Å². The van der Waals surface area contributed by atoms with E-state index in [1.807, 2.05) is 18.2 Å². The highest BCUT2D eigenvalue weighted by molar-refractivity contribution is 9.10. The van der Waals surface area contributed by atoms with Crippen LogP contribution < -0.4 is 4.90 Å². The lowest BCUT2D eigenvalue weighted by molar-refractivity contribution is -0.0103. The number of carbonyl (C=O) groups is 1. The van der Waals surface area contributed by atoms with Gasteiger partial charge < -0.3 is 14.7 Å². The van der Waals surface area contributed by atoms with E-state index in [1.54, 1.807) is 6.92 Å². The van der Waals surface area contributed by atoms with Gasteiger partial charge in [-0.25, -0.2) is 0 Å². The van der Waals surface area contributed by atoms with Gasteiger partial charge in [-0.1, -0.05) is 0 Å². The molecule has 19 heavy (non-hydrogen) atoms. The summed E-state index contributed by atoms with van der Waals surface area (Å²) in [5, 5.41) is 9.22. The van der Waals surface area contributed by atoms with Crippen LogP contribution in [-0.4, -0.2) is 42.8 Å². The summed E-state index contributed by atoms with van der Waals surface area (Å²) in [4.78, 5) is 13.6. The third-order valence-corrected chi connectivity index (χ3v) is 4.01. The first-order valence-corrected chi connectivity index (χ1v) is 7.11. The van der Waals surface area contributed by atoms with Crippen LogP contribution in [-0.2, 0) is 4.74 Å². The number of aliphatic hydroxyl groups excluding tert-OH is 1. The van der Waals surface area contributed by atoms with Crippen LogP contribution in [0.4, 0.5) is 5.69 Å². The van der Waals surface area contributed by atoms with Crippen LogP contribution in [0.15, 0.2) is 22.7 Å². The fourth-order valence-corrected chi connectivity index (χ4v) is 2.83. The van der Waals surface area contributed by atoms with Crippen molar-refractivity contribution in [3.05, 3.63) is 28.2 Å². The van der Waals surface area contributed by atoms with Gasteiger partial charge >= 0.3 is 0 Å². The lowest BCUT2D eigenvalue weighted by Gasteiger charge is -2.39. The van der Waals surface area contributed by atoms with Crippen molar-refractivity contribution in [2.45, 2.75) is 26.0 Å². The van der Waals surface area contributed by atoms with E-state index in [9.17, 15) is 9.90 Å². The topological polar surface area (TPSA) is 49.8 Å². The fraction of sp³-hybridized carbons (Fsp3) is 0.500. The van der Waals surface area contributed by atoms with Gasteiger partial charge in [-0.3, -0.25) is 4.79 Å². The first-order chi connectivity index (χ1) is 9.02. The molecule has 1 aromatic rings. The predicted molar refractivity (Wildman–Crippen MR) is 77.8 cm³/mol. The second-order valence-corrected chi connectivity index (χ2v) is 5.72. The van der Waals surface area contributed by atoms with Crippen molar-refractivity contribution >= 4 is 27.4 Å². The van der Waals surface area contributed by atoms with E-state index < -0.39 is 0 Å². The van der Waals surface area contributed by atoms with Crippen LogP contribution in [0.1, 0.15) is 24.2 Å². The molecule has 1 saturated heterocycles. The van der Waals surface area contributed by atoms with Crippen LogP contribution in [0.2, 0.25) is 0 Å². The molecule has 0 bridgehead atoms. The summed E-state index contributed by atoms with van der Waals surface area (Å²) in [6.07, 6.45) is -0.157. The van der Waals surface area contributed by atoms with Crippen molar-refractivity contribution in [3.8, 4) is 0 Å². The zero-order chi connectivity index (χ0) is 14.0. The molecule has 5 heteroatoms. The molecule has 2 rings (SSSR count). The zero-order valence-electron chi connectivity index (χ0n) is 11.1. The van der Waals surface area contributed by atoms with Gasteiger partial charge in [0, 0.05) is 22.6 Å². The van der Waals surface area contributed by atoms with Crippen molar-refractivity contribution < 1.29 is 14.6 Å². The number of halogens is 1. The van der Waals surface area contributed by atoms with E-state index in [2.05, 4.69) is 27.8 Å².